The van der Waals surface area contributed by atoms with Gasteiger partial charge in [-0.1, -0.05) is 43.0 Å². The van der Waals surface area contributed by atoms with Crippen molar-refractivity contribution in [3.8, 4) is 0 Å². The van der Waals surface area contributed by atoms with Crippen LogP contribution in [0.4, 0.5) is 11.5 Å². The van der Waals surface area contributed by atoms with Crippen LogP contribution in [0.15, 0.2) is 36.5 Å². The Balaban J connectivity index is 0.00000363. The number of amides is 2. The van der Waals surface area contributed by atoms with Gasteiger partial charge >= 0.3 is 0 Å². The maximum Gasteiger partial charge on any atom is 0.258 e. The average Bonchev–Trinajstić information content (AvgIpc) is 2.77. The van der Waals surface area contributed by atoms with Crippen molar-refractivity contribution in [2.45, 2.75) is 39.0 Å². The summed E-state index contributed by atoms with van der Waals surface area (Å²) in [5.41, 5.74) is 0.723. The van der Waals surface area contributed by atoms with E-state index in [0.29, 0.717) is 21.6 Å². The van der Waals surface area contributed by atoms with Crippen LogP contribution in [0.2, 0.25) is 10.0 Å². The number of rotatable bonds is 8. The van der Waals surface area contributed by atoms with Gasteiger partial charge < -0.3 is 15.5 Å². The number of hydrogen-bond acceptors (Lipinski definition) is 4. The lowest BCUT2D eigenvalue weighted by molar-refractivity contribution is -0.121. The van der Waals surface area contributed by atoms with Crippen LogP contribution in [0.5, 0.6) is 0 Å². The van der Waals surface area contributed by atoms with Crippen LogP contribution >= 0.6 is 35.6 Å². The molecule has 174 valence electrons. The maximum absolute atomic E-state index is 12.9. The fourth-order valence-electron chi connectivity index (χ4n) is 3.69. The molecule has 2 amide bonds. The molecule has 0 saturated carbocycles. The van der Waals surface area contributed by atoms with Crippen molar-refractivity contribution in [1.29, 1.82) is 0 Å². The molecule has 1 aliphatic heterocycles. The normalized spacial score (nSPS) is 14.5. The summed E-state index contributed by atoms with van der Waals surface area (Å²) in [6, 6.07) is 8.10. The van der Waals surface area contributed by atoms with Crippen molar-refractivity contribution in [3.05, 3.63) is 52.1 Å². The second-order valence-electron chi connectivity index (χ2n) is 7.82. The molecule has 32 heavy (non-hydrogen) atoms. The zero-order chi connectivity index (χ0) is 22.2. The standard InChI is InChI=1S/C23H28Cl2N4O2.ClH/c1-2-3-4-11-29-12-9-16(10-13-29)22(30)27-20-7-5-17(24)14-19(20)23(31)28-21-8-6-18(25)15-26-21;/h5-8,14-16H,2-4,9-13H2,1H3,(H,27,30)(H,26,28,31);1H. The van der Waals surface area contributed by atoms with Crippen LogP contribution in [-0.2, 0) is 4.79 Å². The molecular formula is C23H29Cl3N4O2. The van der Waals surface area contributed by atoms with Crippen LogP contribution in [-0.4, -0.2) is 41.3 Å². The van der Waals surface area contributed by atoms with Gasteiger partial charge in [-0.25, -0.2) is 4.98 Å². The van der Waals surface area contributed by atoms with Crippen LogP contribution in [0.3, 0.4) is 0 Å². The van der Waals surface area contributed by atoms with Gasteiger partial charge in [-0.05, 0) is 69.2 Å². The third-order valence-electron chi connectivity index (χ3n) is 5.49. The Morgan fingerprint density at radius 2 is 1.78 bits per heavy atom. The largest absolute Gasteiger partial charge is 0.325 e. The smallest absolute Gasteiger partial charge is 0.258 e. The average molecular weight is 500 g/mol. The summed E-state index contributed by atoms with van der Waals surface area (Å²) in [5, 5.41) is 6.53. The van der Waals surface area contributed by atoms with E-state index in [2.05, 4.69) is 27.4 Å². The number of benzene rings is 1. The fourth-order valence-corrected chi connectivity index (χ4v) is 3.97. The molecule has 1 aliphatic rings. The van der Waals surface area contributed by atoms with Gasteiger partial charge in [0.2, 0.25) is 5.91 Å². The molecule has 0 atom stereocenters. The Labute approximate surface area is 205 Å². The number of pyridine rings is 1. The van der Waals surface area contributed by atoms with Crippen molar-refractivity contribution >= 4 is 58.9 Å². The van der Waals surface area contributed by atoms with Gasteiger partial charge in [0, 0.05) is 17.1 Å². The van der Waals surface area contributed by atoms with Crippen molar-refractivity contribution in [1.82, 2.24) is 9.88 Å². The lowest BCUT2D eigenvalue weighted by Gasteiger charge is -2.31. The molecule has 1 fully saturated rings. The Hall–Kier alpha value is -1.86. The number of nitrogens with one attached hydrogen (secondary N) is 2. The molecule has 0 bridgehead atoms. The van der Waals surface area contributed by atoms with E-state index in [-0.39, 0.29) is 29.8 Å². The number of aromatic nitrogens is 1. The summed E-state index contributed by atoms with van der Waals surface area (Å²) in [4.78, 5) is 32.2. The molecule has 0 aliphatic carbocycles. The summed E-state index contributed by atoms with van der Waals surface area (Å²) in [6.45, 7) is 5.16. The zero-order valence-electron chi connectivity index (χ0n) is 18.1. The second-order valence-corrected chi connectivity index (χ2v) is 8.69. The van der Waals surface area contributed by atoms with Gasteiger partial charge in [0.05, 0.1) is 16.3 Å². The highest BCUT2D eigenvalue weighted by atomic mass is 35.5. The summed E-state index contributed by atoms with van der Waals surface area (Å²) in [7, 11) is 0. The van der Waals surface area contributed by atoms with Crippen LogP contribution < -0.4 is 10.6 Å². The van der Waals surface area contributed by atoms with E-state index >= 15 is 0 Å². The van der Waals surface area contributed by atoms with Gasteiger partial charge in [0.1, 0.15) is 5.82 Å². The Morgan fingerprint density at radius 1 is 1.06 bits per heavy atom. The first-order valence-electron chi connectivity index (χ1n) is 10.7. The first-order valence-corrected chi connectivity index (χ1v) is 11.5. The minimum Gasteiger partial charge on any atom is -0.325 e. The minimum atomic E-state index is -0.404. The lowest BCUT2D eigenvalue weighted by atomic mass is 9.95. The second kappa shape index (κ2) is 13.0. The molecular weight excluding hydrogens is 471 g/mol. The number of halogens is 3. The van der Waals surface area contributed by atoms with Crippen molar-refractivity contribution in [2.24, 2.45) is 5.92 Å². The van der Waals surface area contributed by atoms with E-state index in [1.54, 1.807) is 30.3 Å². The number of hydrogen-bond donors (Lipinski definition) is 2. The molecule has 2 aromatic rings. The van der Waals surface area contributed by atoms with Crippen LogP contribution in [0.25, 0.3) is 0 Å². The van der Waals surface area contributed by atoms with Crippen LogP contribution in [0.1, 0.15) is 49.4 Å². The van der Waals surface area contributed by atoms with Crippen molar-refractivity contribution in [3.63, 3.8) is 0 Å². The Bertz CT molecular complexity index is 901. The first kappa shape index (κ1) is 26.4. The SMILES string of the molecule is CCCCCN1CCC(C(=O)Nc2ccc(Cl)cc2C(=O)Nc2ccc(Cl)cn2)CC1.Cl. The molecule has 1 aromatic heterocycles. The van der Waals surface area contributed by atoms with E-state index in [0.717, 1.165) is 32.5 Å². The number of carbonyl (C=O) groups excluding carboxylic acids is 2. The van der Waals surface area contributed by atoms with E-state index in [1.165, 1.54) is 25.5 Å². The highest BCUT2D eigenvalue weighted by Crippen LogP contribution is 2.25. The van der Waals surface area contributed by atoms with Gasteiger partial charge in [0.25, 0.3) is 5.91 Å². The Morgan fingerprint density at radius 3 is 2.44 bits per heavy atom. The maximum atomic E-state index is 12.9. The molecule has 1 saturated heterocycles. The predicted molar refractivity (Wildman–Crippen MR) is 133 cm³/mol. The summed E-state index contributed by atoms with van der Waals surface area (Å²) in [6.07, 6.45) is 6.76. The van der Waals surface area contributed by atoms with E-state index in [4.69, 9.17) is 23.2 Å². The predicted octanol–water partition coefficient (Wildman–Crippen LogP) is 5.90. The molecule has 2 N–H and O–H groups in total. The molecule has 9 heteroatoms. The molecule has 6 nitrogen and oxygen atoms in total. The highest BCUT2D eigenvalue weighted by molar-refractivity contribution is 6.31. The van der Waals surface area contributed by atoms with E-state index in [9.17, 15) is 9.59 Å². The quantitative estimate of drug-likeness (QED) is 0.443. The van der Waals surface area contributed by atoms with Gasteiger partial charge in [0.15, 0.2) is 0 Å². The number of piperidine rings is 1. The monoisotopic (exact) mass is 498 g/mol. The molecule has 3 rings (SSSR count). The Kier molecular flexibility index (Phi) is 10.7. The van der Waals surface area contributed by atoms with Gasteiger partial charge in [-0.2, -0.15) is 0 Å². The lowest BCUT2D eigenvalue weighted by Crippen LogP contribution is -2.38. The van der Waals surface area contributed by atoms with E-state index in [1.807, 2.05) is 0 Å². The third-order valence-corrected chi connectivity index (χ3v) is 5.95. The first-order chi connectivity index (χ1) is 15.0. The number of unbranched alkanes of at least 4 members (excludes halogenated alkanes) is 2. The third kappa shape index (κ3) is 7.62. The molecule has 2 heterocycles. The number of nitrogens with zero attached hydrogens (tertiary/aromatic N) is 2. The van der Waals surface area contributed by atoms with E-state index < -0.39 is 5.91 Å². The molecule has 1 aromatic carbocycles. The molecule has 0 spiro atoms. The number of carbonyl (C=O) groups is 2. The van der Waals surface area contributed by atoms with Gasteiger partial charge in [-0.15, -0.1) is 12.4 Å². The minimum absolute atomic E-state index is 0. The summed E-state index contributed by atoms with van der Waals surface area (Å²) >= 11 is 11.9. The summed E-state index contributed by atoms with van der Waals surface area (Å²) in [5.74, 6) is -0.165. The van der Waals surface area contributed by atoms with Crippen molar-refractivity contribution in [2.75, 3.05) is 30.3 Å². The zero-order valence-corrected chi connectivity index (χ0v) is 20.4. The molecule has 0 unspecified atom stereocenters. The summed E-state index contributed by atoms with van der Waals surface area (Å²) < 4.78 is 0. The fraction of sp³-hybridized carbons (Fsp3) is 0.435. The van der Waals surface area contributed by atoms with Crippen LogP contribution in [0, 0.1) is 5.92 Å². The molecule has 0 radical (unpaired) electrons. The van der Waals surface area contributed by atoms with Gasteiger partial charge in [-0.3, -0.25) is 9.59 Å². The highest BCUT2D eigenvalue weighted by Gasteiger charge is 2.26. The number of likely N-dealkylation sites (tertiary alicyclic amines) is 1. The topological polar surface area (TPSA) is 74.3 Å². The number of anilines is 2. The van der Waals surface area contributed by atoms with Crippen molar-refractivity contribution < 1.29 is 9.59 Å².